The predicted molar refractivity (Wildman–Crippen MR) is 129 cm³/mol. The topological polar surface area (TPSA) is 104 Å². The monoisotopic (exact) mass is 499 g/mol. The number of amides is 2. The number of nitrogens with one attached hydrogen (secondary N) is 3. The molecule has 0 aliphatic carbocycles. The van der Waals surface area contributed by atoms with Gasteiger partial charge in [0.05, 0.1) is 15.8 Å². The summed E-state index contributed by atoms with van der Waals surface area (Å²) >= 11 is 12.1. The highest BCUT2D eigenvalue weighted by Gasteiger charge is 2.14. The van der Waals surface area contributed by atoms with Crippen LogP contribution in [-0.2, 0) is 21.2 Å². The van der Waals surface area contributed by atoms with Crippen molar-refractivity contribution >= 4 is 50.7 Å². The van der Waals surface area contributed by atoms with Crippen LogP contribution in [0.3, 0.4) is 0 Å². The maximum atomic E-state index is 12.4. The van der Waals surface area contributed by atoms with Gasteiger partial charge >= 0.3 is 0 Å². The van der Waals surface area contributed by atoms with Crippen molar-refractivity contribution in [2.45, 2.75) is 32.6 Å². The van der Waals surface area contributed by atoms with Crippen LogP contribution in [-0.4, -0.2) is 39.1 Å². The van der Waals surface area contributed by atoms with Crippen LogP contribution in [0.15, 0.2) is 42.5 Å². The van der Waals surface area contributed by atoms with Crippen molar-refractivity contribution in [3.05, 3.63) is 63.6 Å². The number of hydrogen-bond donors (Lipinski definition) is 3. The summed E-state index contributed by atoms with van der Waals surface area (Å²) < 4.78 is 27.3. The zero-order chi connectivity index (χ0) is 23.6. The van der Waals surface area contributed by atoms with Crippen molar-refractivity contribution in [1.29, 1.82) is 0 Å². The van der Waals surface area contributed by atoms with E-state index < -0.39 is 10.0 Å². The molecule has 174 valence electrons. The van der Waals surface area contributed by atoms with E-state index in [0.717, 1.165) is 19.3 Å². The molecule has 2 aromatic rings. The molecule has 0 atom stereocenters. The fraction of sp³-hybridized carbons (Fsp3) is 0.364. The van der Waals surface area contributed by atoms with Gasteiger partial charge in [0.2, 0.25) is 15.9 Å². The summed E-state index contributed by atoms with van der Waals surface area (Å²) in [5.41, 5.74) is 1.47. The van der Waals surface area contributed by atoms with E-state index in [2.05, 4.69) is 15.4 Å². The number of rotatable bonds is 12. The molecule has 32 heavy (non-hydrogen) atoms. The highest BCUT2D eigenvalue weighted by molar-refractivity contribution is 7.92. The fourth-order valence-electron chi connectivity index (χ4n) is 2.90. The van der Waals surface area contributed by atoms with Gasteiger partial charge < -0.3 is 10.6 Å². The van der Waals surface area contributed by atoms with Gasteiger partial charge in [0.25, 0.3) is 5.91 Å². The molecule has 0 unspecified atom stereocenters. The molecular weight excluding hydrogens is 473 g/mol. The molecule has 0 aliphatic heterocycles. The fourth-order valence-corrected chi connectivity index (χ4v) is 4.40. The van der Waals surface area contributed by atoms with Gasteiger partial charge in [0.1, 0.15) is 0 Å². The first-order valence-electron chi connectivity index (χ1n) is 10.2. The Hall–Kier alpha value is -2.29. The van der Waals surface area contributed by atoms with Gasteiger partial charge in [-0.25, -0.2) is 8.42 Å². The van der Waals surface area contributed by atoms with E-state index in [1.54, 1.807) is 42.5 Å². The lowest BCUT2D eigenvalue weighted by atomic mass is 10.2. The van der Waals surface area contributed by atoms with Crippen molar-refractivity contribution in [3.8, 4) is 0 Å². The van der Waals surface area contributed by atoms with E-state index in [4.69, 9.17) is 23.2 Å². The Kier molecular flexibility index (Phi) is 10.3. The van der Waals surface area contributed by atoms with E-state index in [0.29, 0.717) is 39.9 Å². The summed E-state index contributed by atoms with van der Waals surface area (Å²) in [6.07, 6.45) is 2.77. The van der Waals surface area contributed by atoms with E-state index >= 15 is 0 Å². The van der Waals surface area contributed by atoms with Crippen molar-refractivity contribution in [3.63, 3.8) is 0 Å². The highest BCUT2D eigenvalue weighted by atomic mass is 35.5. The Morgan fingerprint density at radius 1 is 0.906 bits per heavy atom. The number of halogens is 2. The molecule has 10 heteroatoms. The van der Waals surface area contributed by atoms with E-state index in [1.165, 1.54) is 6.92 Å². The SMILES string of the molecule is CC(=O)NCCCCCNC(=O)c1ccc(NS(=O)(=O)CCc2cccc(Cl)c2Cl)cc1. The Morgan fingerprint density at radius 3 is 2.22 bits per heavy atom. The second kappa shape index (κ2) is 12.7. The molecule has 0 saturated heterocycles. The van der Waals surface area contributed by atoms with Gasteiger partial charge in [-0.2, -0.15) is 0 Å². The molecule has 7 nitrogen and oxygen atoms in total. The van der Waals surface area contributed by atoms with Crippen LogP contribution >= 0.6 is 23.2 Å². The maximum Gasteiger partial charge on any atom is 0.251 e. The molecule has 2 aromatic carbocycles. The van der Waals surface area contributed by atoms with Gasteiger partial charge in [-0.3, -0.25) is 14.3 Å². The summed E-state index contributed by atoms with van der Waals surface area (Å²) in [5.74, 6) is -0.427. The summed E-state index contributed by atoms with van der Waals surface area (Å²) in [4.78, 5) is 23.0. The zero-order valence-corrected chi connectivity index (χ0v) is 20.1. The molecule has 0 spiro atoms. The number of carbonyl (C=O) groups is 2. The number of hydrogen-bond acceptors (Lipinski definition) is 4. The molecule has 0 fully saturated rings. The Balaban J connectivity index is 1.78. The van der Waals surface area contributed by atoms with E-state index in [9.17, 15) is 18.0 Å². The van der Waals surface area contributed by atoms with Crippen LogP contribution < -0.4 is 15.4 Å². The summed E-state index contributed by atoms with van der Waals surface area (Å²) in [7, 11) is -3.60. The normalized spacial score (nSPS) is 11.1. The van der Waals surface area contributed by atoms with Gasteiger partial charge in [-0.15, -0.1) is 0 Å². The molecule has 0 heterocycles. The molecule has 0 aliphatic rings. The first kappa shape index (κ1) is 26.0. The van der Waals surface area contributed by atoms with Crippen LogP contribution in [0.4, 0.5) is 5.69 Å². The summed E-state index contributed by atoms with van der Waals surface area (Å²) in [5, 5.41) is 6.29. The van der Waals surface area contributed by atoms with Crippen molar-refractivity contribution in [1.82, 2.24) is 10.6 Å². The molecule has 2 rings (SSSR count). The molecular formula is C22H27Cl2N3O4S. The molecule has 3 N–H and O–H groups in total. The lowest BCUT2D eigenvalue weighted by Gasteiger charge is -2.10. The highest BCUT2D eigenvalue weighted by Crippen LogP contribution is 2.26. The Morgan fingerprint density at radius 2 is 1.56 bits per heavy atom. The molecule has 0 aromatic heterocycles. The number of benzene rings is 2. The number of sulfonamides is 1. The van der Waals surface area contributed by atoms with Gasteiger partial charge in [0.15, 0.2) is 0 Å². The van der Waals surface area contributed by atoms with E-state index in [1.807, 2.05) is 0 Å². The zero-order valence-electron chi connectivity index (χ0n) is 17.8. The van der Waals surface area contributed by atoms with Crippen LogP contribution in [0, 0.1) is 0 Å². The maximum absolute atomic E-state index is 12.4. The minimum absolute atomic E-state index is 0.0467. The quantitative estimate of drug-likeness (QED) is 0.383. The number of carbonyl (C=O) groups excluding carboxylic acids is 2. The van der Waals surface area contributed by atoms with Gasteiger partial charge in [-0.05, 0) is 61.6 Å². The number of aryl methyl sites for hydroxylation is 1. The number of anilines is 1. The standard InChI is InChI=1S/C22H27Cl2N3O4S/c1-16(28)25-13-3-2-4-14-26-22(29)18-8-10-19(11-9-18)27-32(30,31)15-12-17-6-5-7-20(23)21(17)24/h5-11,27H,2-4,12-15H2,1H3,(H,25,28)(H,26,29). The van der Waals surface area contributed by atoms with Crippen LogP contribution in [0.25, 0.3) is 0 Å². The largest absolute Gasteiger partial charge is 0.356 e. The van der Waals surface area contributed by atoms with Crippen LogP contribution in [0.1, 0.15) is 42.1 Å². The third kappa shape index (κ3) is 9.06. The second-order valence-electron chi connectivity index (χ2n) is 7.26. The molecule has 0 radical (unpaired) electrons. The lowest BCUT2D eigenvalue weighted by molar-refractivity contribution is -0.118. The first-order chi connectivity index (χ1) is 15.2. The average molecular weight is 500 g/mol. The second-order valence-corrected chi connectivity index (χ2v) is 9.89. The summed E-state index contributed by atoms with van der Waals surface area (Å²) in [6, 6.07) is 11.3. The van der Waals surface area contributed by atoms with Crippen molar-refractivity contribution < 1.29 is 18.0 Å². The number of unbranched alkanes of at least 4 members (excludes halogenated alkanes) is 2. The lowest BCUT2D eigenvalue weighted by Crippen LogP contribution is -2.25. The smallest absolute Gasteiger partial charge is 0.251 e. The third-order valence-corrected chi connectivity index (χ3v) is 6.75. The molecule has 0 saturated carbocycles. The Bertz CT molecular complexity index is 1030. The van der Waals surface area contributed by atoms with Crippen LogP contribution in [0.5, 0.6) is 0 Å². The minimum Gasteiger partial charge on any atom is -0.356 e. The molecule has 0 bridgehead atoms. The van der Waals surface area contributed by atoms with Crippen molar-refractivity contribution in [2.75, 3.05) is 23.6 Å². The van der Waals surface area contributed by atoms with Crippen molar-refractivity contribution in [2.24, 2.45) is 0 Å². The third-order valence-electron chi connectivity index (χ3n) is 4.61. The van der Waals surface area contributed by atoms with Gasteiger partial charge in [-0.1, -0.05) is 35.3 Å². The molecule has 2 amide bonds. The first-order valence-corrected chi connectivity index (χ1v) is 12.6. The van der Waals surface area contributed by atoms with Gasteiger partial charge in [0, 0.05) is 31.3 Å². The summed E-state index contributed by atoms with van der Waals surface area (Å²) in [6.45, 7) is 2.64. The minimum atomic E-state index is -3.60. The van der Waals surface area contributed by atoms with E-state index in [-0.39, 0.29) is 24.0 Å². The average Bonchev–Trinajstić information content (AvgIpc) is 2.74. The predicted octanol–water partition coefficient (Wildman–Crippen LogP) is 4.01. The Labute approximate surface area is 198 Å². The van der Waals surface area contributed by atoms with Crippen LogP contribution in [0.2, 0.25) is 10.0 Å².